The van der Waals surface area contributed by atoms with Gasteiger partial charge in [-0.15, -0.1) is 0 Å². The van der Waals surface area contributed by atoms with Crippen molar-refractivity contribution in [2.45, 2.75) is 33.2 Å². The van der Waals surface area contributed by atoms with Crippen molar-refractivity contribution in [1.82, 2.24) is 34.9 Å². The van der Waals surface area contributed by atoms with E-state index in [1.165, 1.54) is 0 Å². The van der Waals surface area contributed by atoms with Gasteiger partial charge in [0.15, 0.2) is 5.65 Å². The number of rotatable bonds is 6. The minimum Gasteiger partial charge on any atom is -0.354 e. The highest BCUT2D eigenvalue weighted by molar-refractivity contribution is 5.84. The number of hydrogen-bond acceptors (Lipinski definition) is 6. The van der Waals surface area contributed by atoms with E-state index in [0.717, 1.165) is 46.5 Å². The summed E-state index contributed by atoms with van der Waals surface area (Å²) in [4.78, 5) is 13.4. The standard InChI is InChI=1S/C19H22N8/c1-4-6-20-19-21-7-5-16(24-19)15-11-27(12(2)3)26-17(15)13-8-14-10-23-25-18(14)22-9-13/h5,7-12H,4,6H2,1-3H3,(H,20,21,24)(H,22,23,25). The second-order valence-corrected chi connectivity index (χ2v) is 6.69. The summed E-state index contributed by atoms with van der Waals surface area (Å²) in [5.41, 5.74) is 4.32. The van der Waals surface area contributed by atoms with E-state index >= 15 is 0 Å². The fraction of sp³-hybridized carbons (Fsp3) is 0.316. The average molecular weight is 362 g/mol. The molecule has 4 rings (SSSR count). The SMILES string of the molecule is CCCNc1nccc(-c2cn(C(C)C)nc2-c2cnc3[nH]ncc3c2)n1. The molecule has 0 atom stereocenters. The zero-order valence-corrected chi connectivity index (χ0v) is 15.6. The molecule has 0 saturated carbocycles. The van der Waals surface area contributed by atoms with Gasteiger partial charge in [-0.2, -0.15) is 10.2 Å². The van der Waals surface area contributed by atoms with Crippen LogP contribution < -0.4 is 5.32 Å². The smallest absolute Gasteiger partial charge is 0.223 e. The van der Waals surface area contributed by atoms with Crippen LogP contribution in [-0.2, 0) is 0 Å². The third-order valence-corrected chi connectivity index (χ3v) is 4.29. The fourth-order valence-electron chi connectivity index (χ4n) is 2.85. The molecule has 0 unspecified atom stereocenters. The molecule has 27 heavy (non-hydrogen) atoms. The van der Waals surface area contributed by atoms with Crippen LogP contribution in [0.3, 0.4) is 0 Å². The first-order valence-electron chi connectivity index (χ1n) is 9.11. The van der Waals surface area contributed by atoms with Crippen molar-refractivity contribution >= 4 is 17.0 Å². The van der Waals surface area contributed by atoms with Gasteiger partial charge in [-0.25, -0.2) is 15.0 Å². The highest BCUT2D eigenvalue weighted by atomic mass is 15.3. The van der Waals surface area contributed by atoms with E-state index in [9.17, 15) is 0 Å². The summed E-state index contributed by atoms with van der Waals surface area (Å²) in [7, 11) is 0. The Kier molecular flexibility index (Phi) is 4.53. The Morgan fingerprint density at radius 2 is 2.11 bits per heavy atom. The number of aromatic nitrogens is 7. The molecule has 8 heteroatoms. The molecule has 0 aliphatic heterocycles. The molecule has 0 bridgehead atoms. The molecule has 0 fully saturated rings. The summed E-state index contributed by atoms with van der Waals surface area (Å²) in [5.74, 6) is 0.626. The van der Waals surface area contributed by atoms with Gasteiger partial charge >= 0.3 is 0 Å². The van der Waals surface area contributed by atoms with Crippen molar-refractivity contribution in [2.75, 3.05) is 11.9 Å². The second-order valence-electron chi connectivity index (χ2n) is 6.69. The number of H-pyrrole nitrogens is 1. The van der Waals surface area contributed by atoms with E-state index in [2.05, 4.69) is 51.2 Å². The van der Waals surface area contributed by atoms with Gasteiger partial charge in [-0.3, -0.25) is 9.78 Å². The zero-order chi connectivity index (χ0) is 18.8. The molecule has 8 nitrogen and oxygen atoms in total. The van der Waals surface area contributed by atoms with Gasteiger partial charge in [0, 0.05) is 47.7 Å². The Labute approximate surface area is 157 Å². The molecule has 0 aliphatic carbocycles. The normalized spacial score (nSPS) is 11.4. The van der Waals surface area contributed by atoms with Crippen LogP contribution in [0, 0.1) is 0 Å². The van der Waals surface area contributed by atoms with Crippen molar-refractivity contribution in [3.63, 3.8) is 0 Å². The van der Waals surface area contributed by atoms with Gasteiger partial charge in [-0.05, 0) is 32.4 Å². The largest absolute Gasteiger partial charge is 0.354 e. The van der Waals surface area contributed by atoms with Gasteiger partial charge in [-0.1, -0.05) is 6.92 Å². The molecule has 138 valence electrons. The van der Waals surface area contributed by atoms with Crippen molar-refractivity contribution < 1.29 is 0 Å². The van der Waals surface area contributed by atoms with Crippen LogP contribution in [-0.4, -0.2) is 41.5 Å². The number of aromatic amines is 1. The molecule has 0 aliphatic rings. The van der Waals surface area contributed by atoms with Crippen molar-refractivity contribution in [1.29, 1.82) is 0 Å². The lowest BCUT2D eigenvalue weighted by atomic mass is 10.1. The Balaban J connectivity index is 1.82. The quantitative estimate of drug-likeness (QED) is 0.543. The number of nitrogens with one attached hydrogen (secondary N) is 2. The van der Waals surface area contributed by atoms with E-state index < -0.39 is 0 Å². The maximum Gasteiger partial charge on any atom is 0.223 e. The molecule has 0 saturated heterocycles. The maximum absolute atomic E-state index is 4.80. The van der Waals surface area contributed by atoms with Crippen LogP contribution in [0.15, 0.2) is 36.9 Å². The second kappa shape index (κ2) is 7.14. The molecule has 4 aromatic heterocycles. The summed E-state index contributed by atoms with van der Waals surface area (Å²) in [6.07, 6.45) is 8.40. The Morgan fingerprint density at radius 1 is 1.22 bits per heavy atom. The number of fused-ring (bicyclic) bond motifs is 1. The van der Waals surface area contributed by atoms with Crippen molar-refractivity contribution in [2.24, 2.45) is 0 Å². The van der Waals surface area contributed by atoms with E-state index in [0.29, 0.717) is 5.95 Å². The summed E-state index contributed by atoms with van der Waals surface area (Å²) < 4.78 is 1.95. The molecule has 0 aromatic carbocycles. The van der Waals surface area contributed by atoms with Crippen LogP contribution in [0.1, 0.15) is 33.2 Å². The predicted octanol–water partition coefficient (Wildman–Crippen LogP) is 3.68. The van der Waals surface area contributed by atoms with E-state index in [1.807, 2.05) is 29.2 Å². The number of anilines is 1. The molecule has 2 N–H and O–H groups in total. The van der Waals surface area contributed by atoms with Gasteiger partial charge in [0.25, 0.3) is 0 Å². The average Bonchev–Trinajstić information content (AvgIpc) is 3.33. The van der Waals surface area contributed by atoms with E-state index in [4.69, 9.17) is 5.10 Å². The molecule has 4 heterocycles. The lowest BCUT2D eigenvalue weighted by molar-refractivity contribution is 0.534. The molecule has 0 radical (unpaired) electrons. The monoisotopic (exact) mass is 362 g/mol. The number of pyridine rings is 1. The van der Waals surface area contributed by atoms with E-state index in [-0.39, 0.29) is 6.04 Å². The fourth-order valence-corrected chi connectivity index (χ4v) is 2.85. The molecular weight excluding hydrogens is 340 g/mol. The summed E-state index contributed by atoms with van der Waals surface area (Å²) in [5, 5.41) is 15.9. The summed E-state index contributed by atoms with van der Waals surface area (Å²) >= 11 is 0. The minimum absolute atomic E-state index is 0.239. The van der Waals surface area contributed by atoms with Crippen molar-refractivity contribution in [3.8, 4) is 22.5 Å². The lowest BCUT2D eigenvalue weighted by Gasteiger charge is -2.06. The number of hydrogen-bond donors (Lipinski definition) is 2. The van der Waals surface area contributed by atoms with Crippen LogP contribution in [0.4, 0.5) is 5.95 Å². The highest BCUT2D eigenvalue weighted by Gasteiger charge is 2.17. The van der Waals surface area contributed by atoms with Crippen LogP contribution in [0.25, 0.3) is 33.5 Å². The van der Waals surface area contributed by atoms with Crippen LogP contribution in [0.2, 0.25) is 0 Å². The lowest BCUT2D eigenvalue weighted by Crippen LogP contribution is -2.04. The first kappa shape index (κ1) is 17.1. The van der Waals surface area contributed by atoms with Crippen LogP contribution in [0.5, 0.6) is 0 Å². The molecular formula is C19H22N8. The van der Waals surface area contributed by atoms with E-state index in [1.54, 1.807) is 12.4 Å². The summed E-state index contributed by atoms with van der Waals surface area (Å²) in [6, 6.07) is 4.19. The van der Waals surface area contributed by atoms with Gasteiger partial charge < -0.3 is 5.32 Å². The number of nitrogens with zero attached hydrogens (tertiary/aromatic N) is 6. The molecule has 0 amide bonds. The molecule has 0 spiro atoms. The first-order valence-corrected chi connectivity index (χ1v) is 9.11. The van der Waals surface area contributed by atoms with Gasteiger partial charge in [0.1, 0.15) is 5.69 Å². The Hall–Kier alpha value is -3.29. The summed E-state index contributed by atoms with van der Waals surface area (Å²) in [6.45, 7) is 7.15. The first-order chi connectivity index (χ1) is 13.2. The van der Waals surface area contributed by atoms with Crippen molar-refractivity contribution in [3.05, 3.63) is 36.9 Å². The Morgan fingerprint density at radius 3 is 2.93 bits per heavy atom. The third-order valence-electron chi connectivity index (χ3n) is 4.29. The predicted molar refractivity (Wildman–Crippen MR) is 105 cm³/mol. The van der Waals surface area contributed by atoms with Gasteiger partial charge in [0.05, 0.1) is 11.9 Å². The minimum atomic E-state index is 0.239. The molecule has 4 aromatic rings. The van der Waals surface area contributed by atoms with Crippen LogP contribution >= 0.6 is 0 Å². The van der Waals surface area contributed by atoms with Gasteiger partial charge in [0.2, 0.25) is 5.95 Å². The highest BCUT2D eigenvalue weighted by Crippen LogP contribution is 2.32. The maximum atomic E-state index is 4.80. The third kappa shape index (κ3) is 3.38. The zero-order valence-electron chi connectivity index (χ0n) is 15.6. The Bertz CT molecular complexity index is 1060. The topological polar surface area (TPSA) is 97.2 Å².